The van der Waals surface area contributed by atoms with Crippen LogP contribution in [0.25, 0.3) is 0 Å². The highest BCUT2D eigenvalue weighted by atomic mass is 32.2. The maximum atomic E-state index is 12.7. The van der Waals surface area contributed by atoms with Crippen LogP contribution in [0.5, 0.6) is 11.5 Å². The Kier molecular flexibility index (Phi) is 5.85. The van der Waals surface area contributed by atoms with Crippen LogP contribution in [0.15, 0.2) is 41.3 Å². The summed E-state index contributed by atoms with van der Waals surface area (Å²) < 4.78 is 35.9. The molecule has 0 atom stereocenters. The van der Waals surface area contributed by atoms with Crippen molar-refractivity contribution in [1.29, 1.82) is 0 Å². The fourth-order valence-corrected chi connectivity index (χ4v) is 3.52. The topological polar surface area (TPSA) is 81.7 Å². The molecule has 0 saturated heterocycles. The molecule has 2 rings (SSSR count). The molecule has 6 nitrogen and oxygen atoms in total. The van der Waals surface area contributed by atoms with E-state index in [1.54, 1.807) is 13.0 Å². The second-order valence-electron chi connectivity index (χ2n) is 7.31. The van der Waals surface area contributed by atoms with Crippen LogP contribution in [0, 0.1) is 6.92 Å². The molecule has 0 spiro atoms. The SMILES string of the molecule is COc1ccc(S(=O)(=O)Oc2ccc(C(C)(C)C)cc2C)cc1NC(C)=O. The van der Waals surface area contributed by atoms with Gasteiger partial charge in [-0.05, 0) is 47.7 Å². The monoisotopic (exact) mass is 391 g/mol. The summed E-state index contributed by atoms with van der Waals surface area (Å²) in [6, 6.07) is 9.59. The first-order valence-electron chi connectivity index (χ1n) is 8.45. The summed E-state index contributed by atoms with van der Waals surface area (Å²) in [6.07, 6.45) is 0. The molecule has 0 bridgehead atoms. The number of aryl methyl sites for hydroxylation is 1. The number of nitrogens with one attached hydrogen (secondary N) is 1. The van der Waals surface area contributed by atoms with E-state index in [-0.39, 0.29) is 27.7 Å². The number of hydrogen-bond donors (Lipinski definition) is 1. The summed E-state index contributed by atoms with van der Waals surface area (Å²) in [5, 5.41) is 2.55. The number of amides is 1. The average Bonchev–Trinajstić information content (AvgIpc) is 2.55. The van der Waals surface area contributed by atoms with E-state index >= 15 is 0 Å². The first-order chi connectivity index (χ1) is 12.4. The normalized spacial score (nSPS) is 11.8. The minimum atomic E-state index is -4.07. The third-order valence-corrected chi connectivity index (χ3v) is 5.24. The number of rotatable bonds is 5. The lowest BCUT2D eigenvalue weighted by Gasteiger charge is -2.20. The predicted octanol–water partition coefficient (Wildman–Crippen LogP) is 4.03. The Morgan fingerprint density at radius 3 is 2.19 bits per heavy atom. The van der Waals surface area contributed by atoms with E-state index in [9.17, 15) is 13.2 Å². The largest absolute Gasteiger partial charge is 0.495 e. The van der Waals surface area contributed by atoms with Crippen LogP contribution >= 0.6 is 0 Å². The molecule has 0 radical (unpaired) electrons. The lowest BCUT2D eigenvalue weighted by molar-refractivity contribution is -0.114. The van der Waals surface area contributed by atoms with Gasteiger partial charge in [0.25, 0.3) is 0 Å². The van der Waals surface area contributed by atoms with Gasteiger partial charge in [0.15, 0.2) is 0 Å². The van der Waals surface area contributed by atoms with E-state index in [4.69, 9.17) is 8.92 Å². The number of carbonyl (C=O) groups excluding carboxylic acids is 1. The van der Waals surface area contributed by atoms with Crippen molar-refractivity contribution in [2.45, 2.75) is 44.9 Å². The third-order valence-electron chi connectivity index (χ3n) is 4.01. The Labute approximate surface area is 160 Å². The highest BCUT2D eigenvalue weighted by Crippen LogP contribution is 2.31. The van der Waals surface area contributed by atoms with Gasteiger partial charge in [0, 0.05) is 6.92 Å². The molecule has 7 heteroatoms. The van der Waals surface area contributed by atoms with Crippen LogP contribution in [0.4, 0.5) is 5.69 Å². The molecule has 146 valence electrons. The van der Waals surface area contributed by atoms with Gasteiger partial charge in [-0.25, -0.2) is 0 Å². The predicted molar refractivity (Wildman–Crippen MR) is 105 cm³/mol. The van der Waals surface area contributed by atoms with Gasteiger partial charge >= 0.3 is 10.1 Å². The van der Waals surface area contributed by atoms with Gasteiger partial charge in [0.1, 0.15) is 16.4 Å². The second-order valence-corrected chi connectivity index (χ2v) is 8.86. The molecule has 0 aliphatic carbocycles. The Morgan fingerprint density at radius 2 is 1.67 bits per heavy atom. The molecule has 2 aromatic rings. The van der Waals surface area contributed by atoms with Crippen molar-refractivity contribution < 1.29 is 22.1 Å². The Balaban J connectivity index is 2.38. The Hall–Kier alpha value is -2.54. The van der Waals surface area contributed by atoms with Crippen LogP contribution in [0.3, 0.4) is 0 Å². The molecular formula is C20H25NO5S. The van der Waals surface area contributed by atoms with E-state index in [2.05, 4.69) is 26.1 Å². The quantitative estimate of drug-likeness (QED) is 0.778. The molecule has 0 unspecified atom stereocenters. The summed E-state index contributed by atoms with van der Waals surface area (Å²) in [5.41, 5.74) is 2.02. The Morgan fingerprint density at radius 1 is 1.04 bits per heavy atom. The Bertz CT molecular complexity index is 959. The van der Waals surface area contributed by atoms with Gasteiger partial charge in [0.05, 0.1) is 12.8 Å². The summed E-state index contributed by atoms with van der Waals surface area (Å²) in [5.74, 6) is 0.284. The van der Waals surface area contributed by atoms with Crippen molar-refractivity contribution in [2.24, 2.45) is 0 Å². The highest BCUT2D eigenvalue weighted by molar-refractivity contribution is 7.87. The van der Waals surface area contributed by atoms with E-state index in [1.165, 1.54) is 32.2 Å². The van der Waals surface area contributed by atoms with Crippen LogP contribution in [-0.4, -0.2) is 21.4 Å². The standard InChI is InChI=1S/C20H25NO5S/c1-13-11-15(20(3,4)5)7-9-18(13)26-27(23,24)16-8-10-19(25-6)17(12-16)21-14(2)22/h7-12H,1-6H3,(H,21,22). The van der Waals surface area contributed by atoms with Crippen molar-refractivity contribution in [3.8, 4) is 11.5 Å². The van der Waals surface area contributed by atoms with Crippen LogP contribution in [-0.2, 0) is 20.3 Å². The average molecular weight is 391 g/mol. The number of benzene rings is 2. The van der Waals surface area contributed by atoms with Gasteiger partial charge in [-0.1, -0.05) is 32.9 Å². The zero-order valence-corrected chi connectivity index (χ0v) is 17.2. The first-order valence-corrected chi connectivity index (χ1v) is 9.86. The van der Waals surface area contributed by atoms with Gasteiger partial charge in [-0.3, -0.25) is 4.79 Å². The molecule has 1 N–H and O–H groups in total. The molecule has 0 aliphatic rings. The summed E-state index contributed by atoms with van der Waals surface area (Å²) >= 11 is 0. The van der Waals surface area contributed by atoms with Gasteiger partial charge in [-0.2, -0.15) is 8.42 Å². The van der Waals surface area contributed by atoms with E-state index < -0.39 is 10.1 Å². The van der Waals surface area contributed by atoms with Crippen LogP contribution < -0.4 is 14.2 Å². The van der Waals surface area contributed by atoms with Gasteiger partial charge in [-0.15, -0.1) is 0 Å². The van der Waals surface area contributed by atoms with Crippen LogP contribution in [0.2, 0.25) is 0 Å². The summed E-state index contributed by atoms with van der Waals surface area (Å²) in [7, 11) is -2.64. The number of hydrogen-bond acceptors (Lipinski definition) is 5. The summed E-state index contributed by atoms with van der Waals surface area (Å²) in [6.45, 7) is 9.38. The highest BCUT2D eigenvalue weighted by Gasteiger charge is 2.21. The number of anilines is 1. The first kappa shape index (κ1) is 20.8. The zero-order chi connectivity index (χ0) is 20.4. The molecule has 27 heavy (non-hydrogen) atoms. The number of carbonyl (C=O) groups is 1. The molecule has 1 amide bonds. The minimum Gasteiger partial charge on any atom is -0.495 e. The lowest BCUT2D eigenvalue weighted by atomic mass is 9.86. The molecular weight excluding hydrogens is 366 g/mol. The maximum Gasteiger partial charge on any atom is 0.339 e. The fraction of sp³-hybridized carbons (Fsp3) is 0.350. The molecule has 2 aromatic carbocycles. The van der Waals surface area contributed by atoms with Crippen molar-refractivity contribution in [2.75, 3.05) is 12.4 Å². The van der Waals surface area contributed by atoms with Crippen molar-refractivity contribution in [3.05, 3.63) is 47.5 Å². The fourth-order valence-electron chi connectivity index (χ4n) is 2.51. The van der Waals surface area contributed by atoms with Crippen molar-refractivity contribution >= 4 is 21.7 Å². The second kappa shape index (κ2) is 7.60. The number of methoxy groups -OCH3 is 1. The van der Waals surface area contributed by atoms with Gasteiger partial charge < -0.3 is 14.2 Å². The van der Waals surface area contributed by atoms with E-state index in [0.717, 1.165) is 11.1 Å². The molecule has 0 fully saturated rings. The zero-order valence-electron chi connectivity index (χ0n) is 16.4. The molecule has 0 aromatic heterocycles. The molecule has 0 aliphatic heterocycles. The maximum absolute atomic E-state index is 12.7. The lowest BCUT2D eigenvalue weighted by Crippen LogP contribution is -2.14. The number of ether oxygens (including phenoxy) is 1. The smallest absolute Gasteiger partial charge is 0.339 e. The van der Waals surface area contributed by atoms with E-state index in [0.29, 0.717) is 5.75 Å². The summed E-state index contributed by atoms with van der Waals surface area (Å²) in [4.78, 5) is 11.3. The molecule has 0 saturated carbocycles. The minimum absolute atomic E-state index is 0.0502. The van der Waals surface area contributed by atoms with E-state index in [1.807, 2.05) is 12.1 Å². The van der Waals surface area contributed by atoms with Crippen molar-refractivity contribution in [3.63, 3.8) is 0 Å². The molecule has 0 heterocycles. The van der Waals surface area contributed by atoms with Gasteiger partial charge in [0.2, 0.25) is 5.91 Å². The van der Waals surface area contributed by atoms with Crippen molar-refractivity contribution in [1.82, 2.24) is 0 Å². The third kappa shape index (κ3) is 5.01. The van der Waals surface area contributed by atoms with Crippen LogP contribution in [0.1, 0.15) is 38.8 Å².